The van der Waals surface area contributed by atoms with Crippen molar-refractivity contribution in [3.63, 3.8) is 0 Å². The second kappa shape index (κ2) is 12.6. The number of aryl methyl sites for hydroxylation is 1. The van der Waals surface area contributed by atoms with E-state index in [-0.39, 0.29) is 0 Å². The van der Waals surface area contributed by atoms with Crippen LogP contribution in [0.1, 0.15) is 71.1 Å². The van der Waals surface area contributed by atoms with Crippen LogP contribution in [-0.4, -0.2) is 4.57 Å². The number of nitrogens with zero attached hydrogens (tertiary/aromatic N) is 2. The molecular formula is C43H43N2O+. The van der Waals surface area contributed by atoms with Crippen molar-refractivity contribution in [2.75, 3.05) is 0 Å². The Morgan fingerprint density at radius 3 is 1.89 bits per heavy atom. The predicted molar refractivity (Wildman–Crippen MR) is 195 cm³/mol. The minimum absolute atomic E-state index is 0.925. The van der Waals surface area contributed by atoms with Crippen molar-refractivity contribution in [1.82, 2.24) is 4.57 Å². The number of pyridine rings is 2. The lowest BCUT2D eigenvalue weighted by molar-refractivity contribution is -0.691. The monoisotopic (exact) mass is 603 g/mol. The molecule has 46 heavy (non-hydrogen) atoms. The van der Waals surface area contributed by atoms with Crippen LogP contribution >= 0.6 is 0 Å². The molecule has 5 aromatic carbocycles. The third-order valence-corrected chi connectivity index (χ3v) is 10.0. The van der Waals surface area contributed by atoms with Gasteiger partial charge in [-0.05, 0) is 53.9 Å². The molecule has 0 atom stereocenters. The lowest BCUT2D eigenvalue weighted by atomic mass is 9.89. The topological polar surface area (TPSA) is 21.9 Å². The first-order valence-corrected chi connectivity index (χ1v) is 17.5. The van der Waals surface area contributed by atoms with E-state index in [2.05, 4.69) is 125 Å². The average molecular weight is 604 g/mol. The van der Waals surface area contributed by atoms with E-state index in [0.29, 0.717) is 0 Å². The summed E-state index contributed by atoms with van der Waals surface area (Å²) in [6.45, 7) is 3.31. The Kier molecular flexibility index (Phi) is 7.92. The molecule has 3 heterocycles. The zero-order valence-electron chi connectivity index (χ0n) is 27.0. The number of hydrogen-bond donors (Lipinski definition) is 0. The summed E-state index contributed by atoms with van der Waals surface area (Å²) >= 11 is 0. The molecule has 3 heteroatoms. The van der Waals surface area contributed by atoms with Gasteiger partial charge < -0.3 is 4.42 Å². The minimum Gasteiger partial charge on any atom is -0.456 e. The fourth-order valence-corrected chi connectivity index (χ4v) is 7.87. The van der Waals surface area contributed by atoms with Crippen molar-refractivity contribution in [2.24, 2.45) is 0 Å². The summed E-state index contributed by atoms with van der Waals surface area (Å²) in [5, 5.41) is 10.1. The van der Waals surface area contributed by atoms with Crippen LogP contribution in [0.5, 0.6) is 0 Å². The molecule has 0 aliphatic heterocycles. The minimum atomic E-state index is 0.925. The maximum atomic E-state index is 6.51. The Labute approximate surface area is 271 Å². The molecule has 0 radical (unpaired) electrons. The summed E-state index contributed by atoms with van der Waals surface area (Å²) in [6.07, 6.45) is 15.8. The highest BCUT2D eigenvalue weighted by Crippen LogP contribution is 2.46. The van der Waals surface area contributed by atoms with Crippen molar-refractivity contribution in [3.8, 4) is 5.82 Å². The molecule has 0 bridgehead atoms. The molecule has 8 rings (SSSR count). The third-order valence-electron chi connectivity index (χ3n) is 10.0. The number of fused-ring (bicyclic) bond motifs is 6. The highest BCUT2D eigenvalue weighted by atomic mass is 16.3. The molecule has 0 fully saturated rings. The van der Waals surface area contributed by atoms with Crippen LogP contribution in [0.15, 0.2) is 114 Å². The molecule has 0 saturated heterocycles. The van der Waals surface area contributed by atoms with Gasteiger partial charge in [0.05, 0.1) is 12.7 Å². The summed E-state index contributed by atoms with van der Waals surface area (Å²) < 4.78 is 11.5. The summed E-state index contributed by atoms with van der Waals surface area (Å²) in [5.74, 6) is 1.22. The quantitative estimate of drug-likeness (QED) is 0.0589. The SMILES string of the molecule is CCCCCCCCCCCC[n+]1ccccc1-n1c2ccccc2c2c3cccc4oc5ccccc5c(c5cccc1c52)c43. The van der Waals surface area contributed by atoms with Gasteiger partial charge in [-0.25, -0.2) is 4.57 Å². The van der Waals surface area contributed by atoms with Crippen molar-refractivity contribution in [1.29, 1.82) is 0 Å². The molecule has 230 valence electrons. The maximum absolute atomic E-state index is 6.51. The van der Waals surface area contributed by atoms with Gasteiger partial charge in [0.1, 0.15) is 22.2 Å². The van der Waals surface area contributed by atoms with E-state index in [1.807, 2.05) is 0 Å². The maximum Gasteiger partial charge on any atom is 0.286 e. The van der Waals surface area contributed by atoms with Gasteiger partial charge in [0.25, 0.3) is 5.82 Å². The normalized spacial score (nSPS) is 12.1. The van der Waals surface area contributed by atoms with Gasteiger partial charge in [0.15, 0.2) is 0 Å². The first-order chi connectivity index (χ1) is 22.8. The number of para-hydroxylation sites is 2. The number of benzene rings is 5. The lowest BCUT2D eigenvalue weighted by Gasteiger charge is -2.19. The first kappa shape index (κ1) is 28.8. The molecule has 0 saturated carbocycles. The lowest BCUT2D eigenvalue weighted by Crippen LogP contribution is -2.38. The number of unbranched alkanes of at least 4 members (excludes halogenated alkanes) is 9. The fourth-order valence-electron chi connectivity index (χ4n) is 7.87. The Balaban J connectivity index is 1.26. The molecule has 0 unspecified atom stereocenters. The molecular weight excluding hydrogens is 560 g/mol. The Hall–Kier alpha value is -4.63. The van der Waals surface area contributed by atoms with Gasteiger partial charge in [-0.15, -0.1) is 0 Å². The summed E-state index contributed by atoms with van der Waals surface area (Å²) in [6, 6.07) is 37.5. The largest absolute Gasteiger partial charge is 0.456 e. The standard InChI is InChI=1S/C43H43N2O/c1-2-3-4-5-6-7-8-9-10-16-29-44-30-17-15-28-39(44)45-35-24-13-11-20-31(35)40-34-23-19-27-38-43(34)41(32-21-12-14-26-37(32)46-38)33-22-18-25-36(45)42(33)40/h11-15,17-28,30H,2-10,16,29H2,1H3/q+1. The van der Waals surface area contributed by atoms with Crippen molar-refractivity contribution in [2.45, 2.75) is 77.7 Å². The van der Waals surface area contributed by atoms with Gasteiger partial charge in [-0.3, -0.25) is 0 Å². The number of rotatable bonds is 12. The third kappa shape index (κ3) is 4.94. The number of aromatic nitrogens is 2. The molecule has 0 spiro atoms. The Morgan fingerprint density at radius 2 is 1.07 bits per heavy atom. The van der Waals surface area contributed by atoms with Crippen LogP contribution in [0.2, 0.25) is 0 Å². The van der Waals surface area contributed by atoms with Crippen LogP contribution in [0.4, 0.5) is 0 Å². The van der Waals surface area contributed by atoms with Crippen LogP contribution in [-0.2, 0) is 6.54 Å². The Bertz CT molecular complexity index is 2320. The van der Waals surface area contributed by atoms with Gasteiger partial charge in [-0.1, -0.05) is 125 Å². The smallest absolute Gasteiger partial charge is 0.286 e. The molecule has 0 amide bonds. The van der Waals surface area contributed by atoms with E-state index < -0.39 is 0 Å². The van der Waals surface area contributed by atoms with Crippen molar-refractivity contribution < 1.29 is 8.98 Å². The highest BCUT2D eigenvalue weighted by molar-refractivity contribution is 6.40. The van der Waals surface area contributed by atoms with Crippen LogP contribution in [0.3, 0.4) is 0 Å². The van der Waals surface area contributed by atoms with Gasteiger partial charge in [-0.2, -0.15) is 4.57 Å². The Morgan fingerprint density at radius 1 is 0.478 bits per heavy atom. The predicted octanol–water partition coefficient (Wildman–Crippen LogP) is 12.2. The van der Waals surface area contributed by atoms with Crippen molar-refractivity contribution in [3.05, 3.63) is 109 Å². The van der Waals surface area contributed by atoms with E-state index in [9.17, 15) is 0 Å². The van der Waals surface area contributed by atoms with E-state index in [1.165, 1.54) is 119 Å². The number of hydrogen-bond acceptors (Lipinski definition) is 1. The van der Waals surface area contributed by atoms with Crippen LogP contribution in [0.25, 0.3) is 71.1 Å². The molecule has 0 aliphatic rings. The molecule has 0 N–H and O–H groups in total. The molecule has 3 aromatic heterocycles. The highest BCUT2D eigenvalue weighted by Gasteiger charge is 2.25. The van der Waals surface area contributed by atoms with Gasteiger partial charge in [0, 0.05) is 38.4 Å². The zero-order chi connectivity index (χ0) is 30.9. The first-order valence-electron chi connectivity index (χ1n) is 17.5. The van der Waals surface area contributed by atoms with Gasteiger partial charge in [0.2, 0.25) is 0 Å². The van der Waals surface area contributed by atoms with E-state index in [1.54, 1.807) is 0 Å². The summed E-state index contributed by atoms with van der Waals surface area (Å²) in [7, 11) is 0. The molecule has 3 nitrogen and oxygen atoms in total. The van der Waals surface area contributed by atoms with Crippen molar-refractivity contribution >= 4 is 65.3 Å². The zero-order valence-corrected chi connectivity index (χ0v) is 27.0. The summed E-state index contributed by atoms with van der Waals surface area (Å²) in [5.41, 5.74) is 4.32. The summed E-state index contributed by atoms with van der Waals surface area (Å²) in [4.78, 5) is 0. The van der Waals surface area contributed by atoms with Crippen LogP contribution < -0.4 is 4.57 Å². The second-order valence-electron chi connectivity index (χ2n) is 13.0. The average Bonchev–Trinajstić information content (AvgIpc) is 3.10. The molecule has 0 aliphatic carbocycles. The van der Waals surface area contributed by atoms with E-state index in [0.717, 1.165) is 23.1 Å². The van der Waals surface area contributed by atoms with Gasteiger partial charge >= 0.3 is 0 Å². The fraction of sp³-hybridized carbons (Fsp3) is 0.279. The van der Waals surface area contributed by atoms with E-state index >= 15 is 0 Å². The van der Waals surface area contributed by atoms with Crippen LogP contribution in [0, 0.1) is 0 Å². The van der Waals surface area contributed by atoms with E-state index in [4.69, 9.17) is 4.42 Å². The molecule has 8 aromatic rings. The second-order valence-corrected chi connectivity index (χ2v) is 13.0.